The van der Waals surface area contributed by atoms with Gasteiger partial charge in [-0.2, -0.15) is 16.7 Å². The summed E-state index contributed by atoms with van der Waals surface area (Å²) in [6, 6.07) is -0.113. The van der Waals surface area contributed by atoms with Gasteiger partial charge >= 0.3 is 0 Å². The van der Waals surface area contributed by atoms with Gasteiger partial charge in [-0.15, -0.1) is 0 Å². The first-order valence-corrected chi connectivity index (χ1v) is 7.04. The monoisotopic (exact) mass is 241 g/mol. The summed E-state index contributed by atoms with van der Waals surface area (Å²) >= 11 is 1.94. The van der Waals surface area contributed by atoms with Gasteiger partial charge in [0.05, 0.1) is 11.8 Å². The molecule has 2 rings (SSSR count). The van der Waals surface area contributed by atoms with E-state index in [0.29, 0.717) is 5.89 Å². The summed E-state index contributed by atoms with van der Waals surface area (Å²) in [5, 5.41) is 4.75. The summed E-state index contributed by atoms with van der Waals surface area (Å²) in [5.41, 5.74) is 5.82. The van der Waals surface area contributed by atoms with Gasteiger partial charge in [0.25, 0.3) is 0 Å². The summed E-state index contributed by atoms with van der Waals surface area (Å²) in [5.74, 6) is 2.21. The molecule has 1 aliphatic rings. The zero-order chi connectivity index (χ0) is 11.4. The van der Waals surface area contributed by atoms with Crippen molar-refractivity contribution in [2.45, 2.75) is 56.1 Å². The second kappa shape index (κ2) is 5.68. The molecule has 0 aromatic carbocycles. The molecule has 1 aromatic rings. The molecule has 1 atom stereocenters. The van der Waals surface area contributed by atoms with Crippen molar-refractivity contribution in [3.05, 3.63) is 11.7 Å². The molecule has 16 heavy (non-hydrogen) atoms. The van der Waals surface area contributed by atoms with E-state index in [1.54, 1.807) is 0 Å². The van der Waals surface area contributed by atoms with E-state index in [2.05, 4.69) is 10.1 Å². The number of hydrogen-bond donors (Lipinski definition) is 1. The molecule has 1 fully saturated rings. The van der Waals surface area contributed by atoms with Crippen LogP contribution in [0, 0.1) is 0 Å². The van der Waals surface area contributed by atoms with Crippen LogP contribution >= 0.6 is 11.8 Å². The van der Waals surface area contributed by atoms with Gasteiger partial charge in [0.2, 0.25) is 5.89 Å². The second-order valence-corrected chi connectivity index (χ2v) is 5.57. The third-order valence-corrected chi connectivity index (χ3v) is 4.36. The largest absolute Gasteiger partial charge is 0.338 e. The molecule has 1 heterocycles. The lowest BCUT2D eigenvalue weighted by Crippen LogP contribution is -2.08. The normalized spacial score (nSPS) is 19.1. The first-order chi connectivity index (χ1) is 7.79. The zero-order valence-electron chi connectivity index (χ0n) is 9.69. The summed E-state index contributed by atoms with van der Waals surface area (Å²) < 4.78 is 5.13. The Kier molecular flexibility index (Phi) is 4.23. The first kappa shape index (κ1) is 11.9. The van der Waals surface area contributed by atoms with Crippen LogP contribution in [0.5, 0.6) is 0 Å². The van der Waals surface area contributed by atoms with E-state index in [1.807, 2.05) is 18.7 Å². The molecule has 1 saturated carbocycles. The standard InChI is InChI=1S/C11H19N3OS/c1-2-9(12)11-13-10(14-15-11)7-16-8-5-3-4-6-8/h8-9H,2-7,12H2,1H3/t9-/m1/s1. The molecular formula is C11H19N3OS. The Morgan fingerprint density at radius 2 is 2.25 bits per heavy atom. The van der Waals surface area contributed by atoms with Gasteiger partial charge < -0.3 is 10.3 Å². The molecule has 2 N–H and O–H groups in total. The molecule has 4 nitrogen and oxygen atoms in total. The van der Waals surface area contributed by atoms with Gasteiger partial charge in [0.1, 0.15) is 0 Å². The molecule has 0 unspecified atom stereocenters. The summed E-state index contributed by atoms with van der Waals surface area (Å²) in [7, 11) is 0. The number of thioether (sulfide) groups is 1. The minimum atomic E-state index is -0.113. The summed E-state index contributed by atoms with van der Waals surface area (Å²) in [6.45, 7) is 2.02. The average Bonchev–Trinajstić information content (AvgIpc) is 2.96. The lowest BCUT2D eigenvalue weighted by molar-refractivity contribution is 0.349. The van der Waals surface area contributed by atoms with Crippen LogP contribution in [-0.4, -0.2) is 15.4 Å². The molecule has 5 heteroatoms. The van der Waals surface area contributed by atoms with E-state index < -0.39 is 0 Å². The number of nitrogens with zero attached hydrogens (tertiary/aromatic N) is 2. The Morgan fingerprint density at radius 3 is 2.94 bits per heavy atom. The molecule has 0 spiro atoms. The first-order valence-electron chi connectivity index (χ1n) is 5.99. The third-order valence-electron chi connectivity index (χ3n) is 2.99. The summed E-state index contributed by atoms with van der Waals surface area (Å²) in [4.78, 5) is 4.32. The Labute approximate surface area is 100 Å². The molecule has 0 saturated heterocycles. The maximum atomic E-state index is 5.82. The van der Waals surface area contributed by atoms with E-state index in [0.717, 1.165) is 23.2 Å². The minimum Gasteiger partial charge on any atom is -0.338 e. The van der Waals surface area contributed by atoms with E-state index in [-0.39, 0.29) is 6.04 Å². The highest BCUT2D eigenvalue weighted by molar-refractivity contribution is 7.99. The van der Waals surface area contributed by atoms with Crippen LogP contribution in [-0.2, 0) is 5.75 Å². The summed E-state index contributed by atoms with van der Waals surface area (Å²) in [6.07, 6.45) is 6.25. The molecule has 0 aliphatic heterocycles. The quantitative estimate of drug-likeness (QED) is 0.858. The van der Waals surface area contributed by atoms with Crippen molar-refractivity contribution in [3.63, 3.8) is 0 Å². The highest BCUT2D eigenvalue weighted by Gasteiger charge is 2.17. The molecule has 0 bridgehead atoms. The Hall–Kier alpha value is -0.550. The number of nitrogens with two attached hydrogens (primary N) is 1. The Morgan fingerprint density at radius 1 is 1.50 bits per heavy atom. The fourth-order valence-electron chi connectivity index (χ4n) is 1.90. The lowest BCUT2D eigenvalue weighted by Gasteiger charge is -2.05. The zero-order valence-corrected chi connectivity index (χ0v) is 10.5. The van der Waals surface area contributed by atoms with E-state index in [9.17, 15) is 0 Å². The van der Waals surface area contributed by atoms with Crippen LogP contribution < -0.4 is 5.73 Å². The van der Waals surface area contributed by atoms with Crippen molar-refractivity contribution in [1.82, 2.24) is 10.1 Å². The van der Waals surface area contributed by atoms with Crippen LogP contribution in [0.3, 0.4) is 0 Å². The van der Waals surface area contributed by atoms with Crippen molar-refractivity contribution in [1.29, 1.82) is 0 Å². The smallest absolute Gasteiger partial charge is 0.243 e. The van der Waals surface area contributed by atoms with Gasteiger partial charge in [-0.1, -0.05) is 24.9 Å². The fraction of sp³-hybridized carbons (Fsp3) is 0.818. The molecule has 0 amide bonds. The second-order valence-electron chi connectivity index (χ2n) is 4.28. The molecular weight excluding hydrogens is 222 g/mol. The predicted octanol–water partition coefficient (Wildman–Crippen LogP) is 2.66. The van der Waals surface area contributed by atoms with Gasteiger partial charge in [0.15, 0.2) is 5.82 Å². The van der Waals surface area contributed by atoms with Crippen LogP contribution in [0.15, 0.2) is 4.52 Å². The predicted molar refractivity (Wildman–Crippen MR) is 65.1 cm³/mol. The van der Waals surface area contributed by atoms with E-state index >= 15 is 0 Å². The number of hydrogen-bond acceptors (Lipinski definition) is 5. The average molecular weight is 241 g/mol. The number of aromatic nitrogens is 2. The Bertz CT molecular complexity index is 323. The van der Waals surface area contributed by atoms with Gasteiger partial charge in [-0.3, -0.25) is 0 Å². The third kappa shape index (κ3) is 2.98. The van der Waals surface area contributed by atoms with Gasteiger partial charge in [-0.25, -0.2) is 0 Å². The van der Waals surface area contributed by atoms with Crippen molar-refractivity contribution < 1.29 is 4.52 Å². The highest BCUT2D eigenvalue weighted by Crippen LogP contribution is 2.31. The van der Waals surface area contributed by atoms with Crippen molar-refractivity contribution in [2.75, 3.05) is 0 Å². The van der Waals surface area contributed by atoms with Gasteiger partial charge in [0, 0.05) is 5.25 Å². The van der Waals surface area contributed by atoms with Crippen LogP contribution in [0.4, 0.5) is 0 Å². The van der Waals surface area contributed by atoms with Crippen LogP contribution in [0.2, 0.25) is 0 Å². The Balaban J connectivity index is 1.82. The minimum absolute atomic E-state index is 0.113. The van der Waals surface area contributed by atoms with Gasteiger partial charge in [-0.05, 0) is 19.3 Å². The highest BCUT2D eigenvalue weighted by atomic mass is 32.2. The maximum Gasteiger partial charge on any atom is 0.243 e. The van der Waals surface area contributed by atoms with Crippen LogP contribution in [0.25, 0.3) is 0 Å². The molecule has 1 aliphatic carbocycles. The molecule has 0 radical (unpaired) electrons. The fourth-order valence-corrected chi connectivity index (χ4v) is 3.07. The van der Waals surface area contributed by atoms with E-state index in [4.69, 9.17) is 10.3 Å². The van der Waals surface area contributed by atoms with Crippen molar-refractivity contribution in [2.24, 2.45) is 5.73 Å². The SMILES string of the molecule is CC[C@@H](N)c1nc(CSC2CCCC2)no1. The lowest BCUT2D eigenvalue weighted by atomic mass is 10.2. The topological polar surface area (TPSA) is 64.9 Å². The van der Waals surface area contributed by atoms with Crippen LogP contribution in [0.1, 0.15) is 56.8 Å². The molecule has 1 aromatic heterocycles. The van der Waals surface area contributed by atoms with E-state index in [1.165, 1.54) is 25.7 Å². The van der Waals surface area contributed by atoms with Crippen molar-refractivity contribution in [3.8, 4) is 0 Å². The van der Waals surface area contributed by atoms with Crippen molar-refractivity contribution >= 4 is 11.8 Å². The number of rotatable bonds is 5. The maximum absolute atomic E-state index is 5.82. The molecule has 90 valence electrons.